The van der Waals surface area contributed by atoms with Crippen LogP contribution in [0.4, 0.5) is 13.2 Å². The second-order valence-corrected chi connectivity index (χ2v) is 4.60. The van der Waals surface area contributed by atoms with E-state index >= 15 is 0 Å². The molecule has 0 saturated carbocycles. The normalized spacial score (nSPS) is 22.2. The summed E-state index contributed by atoms with van der Waals surface area (Å²) in [6, 6.07) is 5.95. The highest BCUT2D eigenvalue weighted by atomic mass is 19.4. The quantitative estimate of drug-likeness (QED) is 0.782. The molecule has 0 aromatic heterocycles. The Morgan fingerprint density at radius 1 is 1.12 bits per heavy atom. The minimum atomic E-state index is -4.24. The van der Waals surface area contributed by atoms with Crippen molar-refractivity contribution in [1.82, 2.24) is 0 Å². The Balaban J connectivity index is 2.20. The number of hydrogen-bond acceptors (Lipinski definition) is 0. The maximum Gasteiger partial charge on any atom is 0.416 e. The summed E-state index contributed by atoms with van der Waals surface area (Å²) in [6.45, 7) is 1.01. The van der Waals surface area contributed by atoms with Gasteiger partial charge in [0, 0.05) is 12.0 Å². The van der Waals surface area contributed by atoms with Crippen LogP contribution in [0.5, 0.6) is 0 Å². The first-order chi connectivity index (χ1) is 8.07. The molecule has 1 fully saturated rings. The molecule has 0 spiro atoms. The highest BCUT2D eigenvalue weighted by molar-refractivity contribution is 5.27. The van der Waals surface area contributed by atoms with Crippen LogP contribution in [-0.4, -0.2) is 6.54 Å². The summed E-state index contributed by atoms with van der Waals surface area (Å²) in [5.41, 5.74) is 0.273. The molecule has 0 radical (unpaired) electrons. The first-order valence-electron chi connectivity index (χ1n) is 6.08. The van der Waals surface area contributed by atoms with Crippen molar-refractivity contribution in [3.05, 3.63) is 35.4 Å². The maximum atomic E-state index is 12.6. The molecule has 2 rings (SSSR count). The zero-order chi connectivity index (χ0) is 12.3. The molecule has 1 aliphatic heterocycles. The summed E-state index contributed by atoms with van der Waals surface area (Å²) < 4.78 is 37.8. The molecule has 0 amide bonds. The molecule has 1 saturated heterocycles. The van der Waals surface area contributed by atoms with Gasteiger partial charge in [-0.3, -0.25) is 0 Å². The lowest BCUT2D eigenvalue weighted by Crippen LogP contribution is -2.84. The largest absolute Gasteiger partial charge is 0.416 e. The van der Waals surface area contributed by atoms with Gasteiger partial charge >= 0.3 is 6.18 Å². The fourth-order valence-corrected chi connectivity index (χ4v) is 2.37. The minimum absolute atomic E-state index is 0.194. The summed E-state index contributed by atoms with van der Waals surface area (Å²) in [5.74, 6) is 0. The third-order valence-corrected chi connectivity index (χ3v) is 3.31. The number of quaternary nitrogens is 1. The Morgan fingerprint density at radius 3 is 2.71 bits per heavy atom. The number of nitrogens with two attached hydrogens (primary N) is 1. The van der Waals surface area contributed by atoms with E-state index in [2.05, 4.69) is 5.32 Å². The van der Waals surface area contributed by atoms with Gasteiger partial charge in [-0.05, 0) is 31.4 Å². The lowest BCUT2D eigenvalue weighted by atomic mass is 10.00. The van der Waals surface area contributed by atoms with Crippen LogP contribution < -0.4 is 5.32 Å². The van der Waals surface area contributed by atoms with E-state index < -0.39 is 11.7 Å². The van der Waals surface area contributed by atoms with Crippen LogP contribution in [0.25, 0.3) is 0 Å². The van der Waals surface area contributed by atoms with Crippen LogP contribution in [0.3, 0.4) is 0 Å². The molecule has 4 heteroatoms. The molecule has 1 aromatic carbocycles. The van der Waals surface area contributed by atoms with Gasteiger partial charge in [0.05, 0.1) is 12.1 Å². The van der Waals surface area contributed by atoms with Gasteiger partial charge in [-0.25, -0.2) is 0 Å². The molecule has 0 unspecified atom stereocenters. The monoisotopic (exact) mass is 244 g/mol. The van der Waals surface area contributed by atoms with Gasteiger partial charge in [0.1, 0.15) is 6.04 Å². The van der Waals surface area contributed by atoms with Gasteiger partial charge in [0.25, 0.3) is 0 Å². The molecule has 0 bridgehead atoms. The molecule has 2 N–H and O–H groups in total. The van der Waals surface area contributed by atoms with Gasteiger partial charge < -0.3 is 5.32 Å². The Kier molecular flexibility index (Phi) is 3.72. The summed E-state index contributed by atoms with van der Waals surface area (Å²) >= 11 is 0. The van der Waals surface area contributed by atoms with Gasteiger partial charge in [0.15, 0.2) is 0 Å². The fraction of sp³-hybridized carbons (Fsp3) is 0.538. The predicted octanol–water partition coefficient (Wildman–Crippen LogP) is 2.88. The van der Waals surface area contributed by atoms with Crippen LogP contribution in [0.2, 0.25) is 0 Å². The number of halogens is 3. The Morgan fingerprint density at radius 2 is 1.94 bits per heavy atom. The molecule has 1 aromatic rings. The third kappa shape index (κ3) is 3.22. The molecule has 17 heavy (non-hydrogen) atoms. The van der Waals surface area contributed by atoms with E-state index in [1.807, 2.05) is 6.07 Å². The highest BCUT2D eigenvalue weighted by Crippen LogP contribution is 2.31. The molecule has 1 atom stereocenters. The molecule has 94 valence electrons. The van der Waals surface area contributed by atoms with Gasteiger partial charge in [-0.1, -0.05) is 12.1 Å². The first-order valence-corrected chi connectivity index (χ1v) is 6.08. The third-order valence-electron chi connectivity index (χ3n) is 3.31. The number of alkyl halides is 3. The standard InChI is InChI=1S/C13H16F3N/c14-13(15,16)11-6-4-5-10(9-11)12-7-2-1-3-8-17-12/h4-6,9,12,17H,1-3,7-8H2/p+1/t12-/m1/s1. The molecule has 1 nitrogen and oxygen atoms in total. The maximum absolute atomic E-state index is 12.6. The summed E-state index contributed by atoms with van der Waals surface area (Å²) in [5, 5.41) is 2.17. The van der Waals surface area contributed by atoms with Crippen molar-refractivity contribution in [1.29, 1.82) is 0 Å². The van der Waals surface area contributed by atoms with Crippen molar-refractivity contribution in [3.8, 4) is 0 Å². The van der Waals surface area contributed by atoms with Crippen molar-refractivity contribution in [3.63, 3.8) is 0 Å². The minimum Gasteiger partial charge on any atom is -0.340 e. The average Bonchev–Trinajstić information content (AvgIpc) is 2.56. The van der Waals surface area contributed by atoms with Crippen LogP contribution in [-0.2, 0) is 6.18 Å². The molecule has 1 aliphatic rings. The fourth-order valence-electron chi connectivity index (χ4n) is 2.37. The van der Waals surface area contributed by atoms with Crippen LogP contribution in [0.15, 0.2) is 24.3 Å². The summed E-state index contributed by atoms with van der Waals surface area (Å²) in [7, 11) is 0. The smallest absolute Gasteiger partial charge is 0.340 e. The Hall–Kier alpha value is -1.03. The number of benzene rings is 1. The summed E-state index contributed by atoms with van der Waals surface area (Å²) in [4.78, 5) is 0. The molecular weight excluding hydrogens is 227 g/mol. The second-order valence-electron chi connectivity index (χ2n) is 4.60. The molecule has 1 heterocycles. The number of hydrogen-bond donors (Lipinski definition) is 1. The Labute approximate surface area is 99.0 Å². The van der Waals surface area contributed by atoms with E-state index in [1.165, 1.54) is 18.6 Å². The van der Waals surface area contributed by atoms with Crippen molar-refractivity contribution < 1.29 is 18.5 Å². The van der Waals surface area contributed by atoms with E-state index in [1.54, 1.807) is 0 Å². The van der Waals surface area contributed by atoms with Crippen molar-refractivity contribution in [2.45, 2.75) is 37.9 Å². The lowest BCUT2D eigenvalue weighted by molar-refractivity contribution is -0.694. The van der Waals surface area contributed by atoms with Gasteiger partial charge in [-0.2, -0.15) is 13.2 Å². The first kappa shape index (κ1) is 12.4. The zero-order valence-corrected chi connectivity index (χ0v) is 9.63. The topological polar surface area (TPSA) is 16.6 Å². The molecule has 0 aliphatic carbocycles. The molecular formula is C13H17F3N+. The number of rotatable bonds is 1. The zero-order valence-electron chi connectivity index (χ0n) is 9.63. The average molecular weight is 244 g/mol. The van der Waals surface area contributed by atoms with Gasteiger partial charge in [0.2, 0.25) is 0 Å². The van der Waals surface area contributed by atoms with Crippen molar-refractivity contribution in [2.24, 2.45) is 0 Å². The van der Waals surface area contributed by atoms with Gasteiger partial charge in [-0.15, -0.1) is 0 Å². The van der Waals surface area contributed by atoms with E-state index in [0.29, 0.717) is 0 Å². The SMILES string of the molecule is FC(F)(F)c1cccc([C@H]2CCCCC[NH2+]2)c1. The Bertz CT molecular complexity index is 365. The summed E-state index contributed by atoms with van der Waals surface area (Å²) in [6.07, 6.45) is 0.195. The van der Waals surface area contributed by atoms with E-state index in [9.17, 15) is 13.2 Å². The van der Waals surface area contributed by atoms with Crippen LogP contribution >= 0.6 is 0 Å². The van der Waals surface area contributed by atoms with E-state index in [-0.39, 0.29) is 6.04 Å². The lowest BCUT2D eigenvalue weighted by Gasteiger charge is -2.15. The van der Waals surface area contributed by atoms with E-state index in [0.717, 1.165) is 37.4 Å². The second kappa shape index (κ2) is 5.08. The van der Waals surface area contributed by atoms with Crippen molar-refractivity contribution >= 4 is 0 Å². The van der Waals surface area contributed by atoms with E-state index in [4.69, 9.17) is 0 Å². The van der Waals surface area contributed by atoms with Crippen molar-refractivity contribution in [2.75, 3.05) is 6.54 Å². The predicted molar refractivity (Wildman–Crippen MR) is 59.4 cm³/mol. The van der Waals surface area contributed by atoms with Crippen LogP contribution in [0.1, 0.15) is 42.9 Å². The van der Waals surface area contributed by atoms with Crippen LogP contribution in [0, 0.1) is 0 Å². The highest BCUT2D eigenvalue weighted by Gasteiger charge is 2.31.